The standard InChI is InChI=1S/C12H21Cl/c1-3-11-5-4-6-12(8-11)7-10(2)9-13/h7,11-12H,3-6,8-9H2,1-2H3/b10-7-. The maximum Gasteiger partial charge on any atom is 0.0430 e. The molecule has 2 atom stereocenters. The zero-order valence-corrected chi connectivity index (χ0v) is 9.61. The van der Waals surface area contributed by atoms with Gasteiger partial charge < -0.3 is 0 Å². The first-order chi connectivity index (χ1) is 6.26. The highest BCUT2D eigenvalue weighted by molar-refractivity contribution is 6.19. The quantitative estimate of drug-likeness (QED) is 0.468. The Labute approximate surface area is 87.4 Å². The first-order valence-corrected chi connectivity index (χ1v) is 6.03. The summed E-state index contributed by atoms with van der Waals surface area (Å²) in [7, 11) is 0. The zero-order chi connectivity index (χ0) is 9.68. The van der Waals surface area contributed by atoms with E-state index < -0.39 is 0 Å². The van der Waals surface area contributed by atoms with Crippen molar-refractivity contribution in [3.8, 4) is 0 Å². The molecule has 1 saturated carbocycles. The van der Waals surface area contributed by atoms with Crippen molar-refractivity contribution in [2.75, 3.05) is 5.88 Å². The summed E-state index contributed by atoms with van der Waals surface area (Å²) in [6.07, 6.45) is 9.38. The van der Waals surface area contributed by atoms with Crippen LogP contribution in [-0.4, -0.2) is 5.88 Å². The van der Waals surface area contributed by atoms with Crippen LogP contribution in [0.15, 0.2) is 11.6 Å². The van der Waals surface area contributed by atoms with Crippen molar-refractivity contribution in [2.45, 2.75) is 46.0 Å². The van der Waals surface area contributed by atoms with Crippen LogP contribution < -0.4 is 0 Å². The maximum absolute atomic E-state index is 5.77. The second-order valence-electron chi connectivity index (χ2n) is 4.35. The molecule has 0 radical (unpaired) electrons. The van der Waals surface area contributed by atoms with E-state index in [2.05, 4.69) is 19.9 Å². The Hall–Kier alpha value is 0.0300. The van der Waals surface area contributed by atoms with Crippen molar-refractivity contribution in [1.29, 1.82) is 0 Å². The molecular weight excluding hydrogens is 180 g/mol. The van der Waals surface area contributed by atoms with Crippen molar-refractivity contribution in [3.63, 3.8) is 0 Å². The lowest BCUT2D eigenvalue weighted by molar-refractivity contribution is 0.297. The summed E-state index contributed by atoms with van der Waals surface area (Å²) in [5, 5.41) is 0. The van der Waals surface area contributed by atoms with Crippen molar-refractivity contribution < 1.29 is 0 Å². The van der Waals surface area contributed by atoms with Gasteiger partial charge in [0.05, 0.1) is 0 Å². The second kappa shape index (κ2) is 5.70. The highest BCUT2D eigenvalue weighted by Gasteiger charge is 2.18. The molecule has 1 aliphatic carbocycles. The summed E-state index contributed by atoms with van der Waals surface area (Å²) in [6, 6.07) is 0. The molecule has 0 bridgehead atoms. The summed E-state index contributed by atoms with van der Waals surface area (Å²) in [5.41, 5.74) is 1.35. The first kappa shape index (κ1) is 11.1. The van der Waals surface area contributed by atoms with Gasteiger partial charge in [-0.2, -0.15) is 0 Å². The molecule has 0 aromatic rings. The highest BCUT2D eigenvalue weighted by Crippen LogP contribution is 2.32. The van der Waals surface area contributed by atoms with E-state index >= 15 is 0 Å². The van der Waals surface area contributed by atoms with Crippen LogP contribution in [0, 0.1) is 11.8 Å². The molecule has 0 heterocycles. The van der Waals surface area contributed by atoms with Gasteiger partial charge in [-0.15, -0.1) is 11.6 Å². The average Bonchev–Trinajstić information content (AvgIpc) is 2.18. The van der Waals surface area contributed by atoms with Crippen LogP contribution in [0.1, 0.15) is 46.0 Å². The van der Waals surface area contributed by atoms with Crippen molar-refractivity contribution in [1.82, 2.24) is 0 Å². The van der Waals surface area contributed by atoms with Gasteiger partial charge in [0.2, 0.25) is 0 Å². The van der Waals surface area contributed by atoms with Crippen molar-refractivity contribution >= 4 is 11.6 Å². The third kappa shape index (κ3) is 3.72. The maximum atomic E-state index is 5.77. The Bertz CT molecular complexity index is 172. The minimum atomic E-state index is 0.702. The molecule has 0 nitrogen and oxygen atoms in total. The number of alkyl halides is 1. The van der Waals surface area contributed by atoms with Crippen molar-refractivity contribution in [2.24, 2.45) is 11.8 Å². The van der Waals surface area contributed by atoms with E-state index in [1.807, 2.05) is 0 Å². The number of hydrogen-bond acceptors (Lipinski definition) is 0. The molecule has 1 fully saturated rings. The van der Waals surface area contributed by atoms with Gasteiger partial charge in [0.1, 0.15) is 0 Å². The summed E-state index contributed by atoms with van der Waals surface area (Å²) in [5.74, 6) is 2.49. The number of hydrogen-bond donors (Lipinski definition) is 0. The fraction of sp³-hybridized carbons (Fsp3) is 0.833. The fourth-order valence-electron chi connectivity index (χ4n) is 2.30. The van der Waals surface area contributed by atoms with Crippen LogP contribution in [-0.2, 0) is 0 Å². The molecule has 0 N–H and O–H groups in total. The van der Waals surface area contributed by atoms with E-state index in [0.29, 0.717) is 5.88 Å². The van der Waals surface area contributed by atoms with Gasteiger partial charge in [-0.25, -0.2) is 0 Å². The minimum absolute atomic E-state index is 0.702. The lowest BCUT2D eigenvalue weighted by Crippen LogP contribution is -2.13. The lowest BCUT2D eigenvalue weighted by atomic mass is 9.79. The first-order valence-electron chi connectivity index (χ1n) is 5.49. The molecule has 0 amide bonds. The largest absolute Gasteiger partial charge is 0.122 e. The molecule has 0 aromatic carbocycles. The Kier molecular flexibility index (Phi) is 4.87. The van der Waals surface area contributed by atoms with E-state index in [-0.39, 0.29) is 0 Å². The number of halogens is 1. The van der Waals surface area contributed by atoms with E-state index in [0.717, 1.165) is 11.8 Å². The number of allylic oxidation sites excluding steroid dienone is 2. The lowest BCUT2D eigenvalue weighted by Gasteiger charge is -2.26. The third-order valence-corrected chi connectivity index (χ3v) is 3.55. The Balaban J connectivity index is 2.42. The Morgan fingerprint density at radius 1 is 1.46 bits per heavy atom. The van der Waals surface area contributed by atoms with E-state index in [1.165, 1.54) is 37.7 Å². The van der Waals surface area contributed by atoms with Crippen LogP contribution in [0.25, 0.3) is 0 Å². The van der Waals surface area contributed by atoms with Crippen LogP contribution >= 0.6 is 11.6 Å². The molecule has 0 saturated heterocycles. The van der Waals surface area contributed by atoms with Crippen molar-refractivity contribution in [3.05, 3.63) is 11.6 Å². The zero-order valence-electron chi connectivity index (χ0n) is 8.85. The SMILES string of the molecule is CCC1CCCC(/C=C(/C)CCl)C1. The molecule has 0 spiro atoms. The molecular formula is C12H21Cl. The molecule has 1 heteroatoms. The van der Waals surface area contributed by atoms with Gasteiger partial charge in [-0.05, 0) is 31.6 Å². The molecule has 13 heavy (non-hydrogen) atoms. The molecule has 2 unspecified atom stereocenters. The topological polar surface area (TPSA) is 0 Å². The molecule has 1 aliphatic rings. The van der Waals surface area contributed by atoms with Gasteiger partial charge >= 0.3 is 0 Å². The van der Waals surface area contributed by atoms with Crippen LogP contribution in [0.3, 0.4) is 0 Å². The predicted octanol–water partition coefficient (Wildman–Crippen LogP) is 4.39. The monoisotopic (exact) mass is 200 g/mol. The molecule has 0 aromatic heterocycles. The van der Waals surface area contributed by atoms with Crippen LogP contribution in [0.4, 0.5) is 0 Å². The summed E-state index contributed by atoms with van der Waals surface area (Å²) in [4.78, 5) is 0. The van der Waals surface area contributed by atoms with Gasteiger partial charge in [0, 0.05) is 5.88 Å². The van der Waals surface area contributed by atoms with Gasteiger partial charge in [-0.1, -0.05) is 37.8 Å². The van der Waals surface area contributed by atoms with Gasteiger partial charge in [-0.3, -0.25) is 0 Å². The summed E-state index contributed by atoms with van der Waals surface area (Å²) >= 11 is 5.77. The van der Waals surface area contributed by atoms with Crippen LogP contribution in [0.5, 0.6) is 0 Å². The molecule has 0 aliphatic heterocycles. The molecule has 76 valence electrons. The van der Waals surface area contributed by atoms with Crippen LogP contribution in [0.2, 0.25) is 0 Å². The average molecular weight is 201 g/mol. The normalized spacial score (nSPS) is 30.5. The molecule has 1 rings (SSSR count). The number of rotatable bonds is 3. The Morgan fingerprint density at radius 2 is 2.23 bits per heavy atom. The summed E-state index contributed by atoms with van der Waals surface area (Å²) < 4.78 is 0. The van der Waals surface area contributed by atoms with Gasteiger partial charge in [0.25, 0.3) is 0 Å². The van der Waals surface area contributed by atoms with E-state index in [4.69, 9.17) is 11.6 Å². The van der Waals surface area contributed by atoms with Gasteiger partial charge in [0.15, 0.2) is 0 Å². The highest BCUT2D eigenvalue weighted by atomic mass is 35.5. The third-order valence-electron chi connectivity index (χ3n) is 3.13. The van der Waals surface area contributed by atoms with E-state index in [1.54, 1.807) is 0 Å². The predicted molar refractivity (Wildman–Crippen MR) is 60.2 cm³/mol. The minimum Gasteiger partial charge on any atom is -0.122 e. The smallest absolute Gasteiger partial charge is 0.0430 e. The summed E-state index contributed by atoms with van der Waals surface area (Å²) in [6.45, 7) is 4.45. The Morgan fingerprint density at radius 3 is 2.85 bits per heavy atom. The van der Waals surface area contributed by atoms with E-state index in [9.17, 15) is 0 Å². The second-order valence-corrected chi connectivity index (χ2v) is 4.61. The fourth-order valence-corrected chi connectivity index (χ4v) is 2.39.